The Bertz CT molecular complexity index is 308. The van der Waals surface area contributed by atoms with Crippen LogP contribution in [0.3, 0.4) is 0 Å². The van der Waals surface area contributed by atoms with Gasteiger partial charge >= 0.3 is 5.97 Å². The first-order valence-electron chi connectivity index (χ1n) is 3.35. The molecule has 2 nitrogen and oxygen atoms in total. The molecule has 0 aliphatic heterocycles. The molecule has 0 aromatic rings. The molecule has 0 bridgehead atoms. The van der Waals surface area contributed by atoms with Gasteiger partial charge in [-0.3, -0.25) is 0 Å². The Balaban J connectivity index is 2.91. The first-order valence-corrected chi connectivity index (χ1v) is 3.73. The summed E-state index contributed by atoms with van der Waals surface area (Å²) >= 11 is 5.67. The monoisotopic (exact) mass is 182 g/mol. The van der Waals surface area contributed by atoms with Crippen LogP contribution in [0.2, 0.25) is 0 Å². The average molecular weight is 183 g/mol. The standard InChI is InChI=1S/C9H7ClO2/c10-8-5-1-3-7(9(11)12)4-2-6-8/h1-6H,(H,11,12)/b3-1-,4-2?,5-1?,6-2-,7-3?,7-4+,8-5+,8-6?. The maximum absolute atomic E-state index is 10.5. The molecule has 3 heteroatoms. The van der Waals surface area contributed by atoms with Gasteiger partial charge in [0.25, 0.3) is 0 Å². The number of hydrogen-bond donors (Lipinski definition) is 1. The van der Waals surface area contributed by atoms with Gasteiger partial charge in [0.1, 0.15) is 0 Å². The van der Waals surface area contributed by atoms with Crippen LogP contribution in [-0.4, -0.2) is 11.1 Å². The van der Waals surface area contributed by atoms with E-state index in [4.69, 9.17) is 16.7 Å². The minimum atomic E-state index is -0.942. The molecule has 0 unspecified atom stereocenters. The smallest absolute Gasteiger partial charge is 0.335 e. The predicted molar refractivity (Wildman–Crippen MR) is 47.9 cm³/mol. The van der Waals surface area contributed by atoms with Gasteiger partial charge in [-0.15, -0.1) is 0 Å². The van der Waals surface area contributed by atoms with Crippen LogP contribution >= 0.6 is 11.6 Å². The molecule has 1 N–H and O–H groups in total. The fourth-order valence-electron chi connectivity index (χ4n) is 0.741. The van der Waals surface area contributed by atoms with Gasteiger partial charge in [-0.1, -0.05) is 23.8 Å². The molecule has 0 atom stereocenters. The van der Waals surface area contributed by atoms with E-state index in [0.29, 0.717) is 5.03 Å². The Morgan fingerprint density at radius 2 is 1.92 bits per heavy atom. The van der Waals surface area contributed by atoms with Crippen molar-refractivity contribution in [3.8, 4) is 0 Å². The van der Waals surface area contributed by atoms with Crippen LogP contribution in [0.15, 0.2) is 47.1 Å². The van der Waals surface area contributed by atoms with Crippen LogP contribution < -0.4 is 0 Å². The van der Waals surface area contributed by atoms with Gasteiger partial charge in [0.2, 0.25) is 0 Å². The summed E-state index contributed by atoms with van der Waals surface area (Å²) in [5, 5.41) is 9.19. The molecular formula is C9H7ClO2. The highest BCUT2D eigenvalue weighted by molar-refractivity contribution is 6.31. The van der Waals surface area contributed by atoms with E-state index in [1.54, 1.807) is 24.3 Å². The number of carbonyl (C=O) groups is 1. The Hall–Kier alpha value is -1.28. The lowest BCUT2D eigenvalue weighted by Crippen LogP contribution is -1.96. The minimum Gasteiger partial charge on any atom is -0.478 e. The summed E-state index contributed by atoms with van der Waals surface area (Å²) in [5.74, 6) is -0.942. The number of halogens is 1. The quantitative estimate of drug-likeness (QED) is 0.676. The summed E-state index contributed by atoms with van der Waals surface area (Å²) < 4.78 is 0. The van der Waals surface area contributed by atoms with Crippen LogP contribution in [0.4, 0.5) is 0 Å². The van der Waals surface area contributed by atoms with Crippen LogP contribution in [0.25, 0.3) is 0 Å². The van der Waals surface area contributed by atoms with Crippen molar-refractivity contribution in [2.75, 3.05) is 0 Å². The topological polar surface area (TPSA) is 37.3 Å². The summed E-state index contributed by atoms with van der Waals surface area (Å²) in [6.07, 6.45) is 9.46. The van der Waals surface area contributed by atoms with Crippen molar-refractivity contribution in [3.05, 3.63) is 47.1 Å². The molecule has 0 radical (unpaired) electrons. The normalized spacial score (nSPS) is 30.1. The molecule has 0 amide bonds. The van der Waals surface area contributed by atoms with Crippen LogP contribution in [0.5, 0.6) is 0 Å². The van der Waals surface area contributed by atoms with Gasteiger partial charge in [0.05, 0.1) is 5.57 Å². The first kappa shape index (κ1) is 8.81. The molecule has 0 aromatic carbocycles. The van der Waals surface area contributed by atoms with Gasteiger partial charge in [0.15, 0.2) is 0 Å². The minimum absolute atomic E-state index is 0.242. The molecule has 0 saturated carbocycles. The number of allylic oxidation sites excluding steroid dienone is 6. The first-order chi connectivity index (χ1) is 5.70. The van der Waals surface area contributed by atoms with E-state index in [1.807, 2.05) is 0 Å². The van der Waals surface area contributed by atoms with E-state index >= 15 is 0 Å². The van der Waals surface area contributed by atoms with E-state index in [1.165, 1.54) is 12.2 Å². The molecule has 0 aromatic heterocycles. The molecule has 0 fully saturated rings. The number of carboxylic acids is 1. The van der Waals surface area contributed by atoms with Gasteiger partial charge in [-0.25, -0.2) is 4.79 Å². The highest BCUT2D eigenvalue weighted by Gasteiger charge is 2.00. The van der Waals surface area contributed by atoms with Crippen molar-refractivity contribution in [2.45, 2.75) is 0 Å². The second-order valence-corrected chi connectivity index (χ2v) is 2.63. The zero-order chi connectivity index (χ0) is 8.97. The lowest BCUT2D eigenvalue weighted by Gasteiger charge is -1.94. The van der Waals surface area contributed by atoms with E-state index < -0.39 is 5.97 Å². The zero-order valence-corrected chi connectivity index (χ0v) is 6.95. The number of rotatable bonds is 1. The highest BCUT2D eigenvalue weighted by Crippen LogP contribution is 2.08. The van der Waals surface area contributed by atoms with Gasteiger partial charge < -0.3 is 5.11 Å². The van der Waals surface area contributed by atoms with Gasteiger partial charge in [-0.05, 0) is 24.3 Å². The van der Waals surface area contributed by atoms with Crippen molar-refractivity contribution in [3.63, 3.8) is 0 Å². The van der Waals surface area contributed by atoms with Crippen molar-refractivity contribution < 1.29 is 9.90 Å². The fourth-order valence-corrected chi connectivity index (χ4v) is 0.887. The van der Waals surface area contributed by atoms with E-state index in [2.05, 4.69) is 0 Å². The van der Waals surface area contributed by atoms with Crippen molar-refractivity contribution in [1.82, 2.24) is 0 Å². The SMILES string of the molecule is O=C(O)C1=C/C=C\C(Cl)=C/C=C\1. The number of aliphatic carboxylic acids is 1. The molecule has 0 spiro atoms. The summed E-state index contributed by atoms with van der Waals surface area (Å²) in [6.45, 7) is 0. The number of carboxylic acid groups (broad SMARTS) is 1. The summed E-state index contributed by atoms with van der Waals surface area (Å²) in [7, 11) is 0. The third kappa shape index (κ3) is 2.40. The van der Waals surface area contributed by atoms with Crippen LogP contribution in [-0.2, 0) is 4.79 Å². The van der Waals surface area contributed by atoms with E-state index in [9.17, 15) is 4.79 Å². The summed E-state index contributed by atoms with van der Waals surface area (Å²) in [4.78, 5) is 10.5. The molecule has 1 aliphatic rings. The van der Waals surface area contributed by atoms with Crippen molar-refractivity contribution in [1.29, 1.82) is 0 Å². The van der Waals surface area contributed by atoms with Crippen molar-refractivity contribution >= 4 is 17.6 Å². The molecule has 1 rings (SSSR count). The highest BCUT2D eigenvalue weighted by atomic mass is 35.5. The second kappa shape index (κ2) is 3.93. The summed E-state index contributed by atoms with van der Waals surface area (Å²) in [6, 6.07) is 0. The molecule has 62 valence electrons. The molecule has 1 aliphatic carbocycles. The third-order valence-electron chi connectivity index (χ3n) is 1.31. The fraction of sp³-hybridized carbons (Fsp3) is 0. The molecule has 12 heavy (non-hydrogen) atoms. The predicted octanol–water partition coefficient (Wildman–Crippen LogP) is 2.25. The maximum atomic E-state index is 10.5. The molecule has 0 heterocycles. The van der Waals surface area contributed by atoms with Crippen LogP contribution in [0, 0.1) is 0 Å². The third-order valence-corrected chi connectivity index (χ3v) is 1.56. The maximum Gasteiger partial charge on any atom is 0.335 e. The lowest BCUT2D eigenvalue weighted by molar-refractivity contribution is -0.132. The van der Waals surface area contributed by atoms with Crippen LogP contribution in [0.1, 0.15) is 0 Å². The molecular weight excluding hydrogens is 176 g/mol. The van der Waals surface area contributed by atoms with E-state index in [-0.39, 0.29) is 5.57 Å². The van der Waals surface area contributed by atoms with E-state index in [0.717, 1.165) is 0 Å². The van der Waals surface area contributed by atoms with Gasteiger partial charge in [0, 0.05) is 5.03 Å². The Kier molecular flexibility index (Phi) is 2.88. The van der Waals surface area contributed by atoms with Crippen molar-refractivity contribution in [2.24, 2.45) is 0 Å². The number of hydrogen-bond acceptors (Lipinski definition) is 1. The summed E-state index contributed by atoms with van der Waals surface area (Å²) in [5.41, 5.74) is 0.242. The second-order valence-electron chi connectivity index (χ2n) is 2.20. The largest absolute Gasteiger partial charge is 0.478 e. The Morgan fingerprint density at radius 1 is 1.25 bits per heavy atom. The zero-order valence-electron chi connectivity index (χ0n) is 6.20. The average Bonchev–Trinajstić information content (AvgIpc) is 1.95. The molecule has 0 saturated heterocycles. The van der Waals surface area contributed by atoms with Gasteiger partial charge in [-0.2, -0.15) is 0 Å². The Labute approximate surface area is 75.2 Å². The Morgan fingerprint density at radius 3 is 2.58 bits per heavy atom. The lowest BCUT2D eigenvalue weighted by atomic mass is 10.2.